The Balaban J connectivity index is 1.78. The second kappa shape index (κ2) is 5.01. The molecule has 0 saturated heterocycles. The topological polar surface area (TPSA) is 131 Å². The Morgan fingerprint density at radius 1 is 0.545 bits per heavy atom. The molecule has 4 N–H and O–H groups in total. The maximum absolute atomic E-state index is 11.8. The van der Waals surface area contributed by atoms with Crippen LogP contribution in [0.5, 0.6) is 0 Å². The maximum Gasteiger partial charge on any atom is 0.326 e. The van der Waals surface area contributed by atoms with Gasteiger partial charge in [-0.05, 0) is 0 Å². The Morgan fingerprint density at radius 2 is 0.955 bits per heavy atom. The first-order valence-corrected chi connectivity index (χ1v) is 8.97. The Bertz CT molecular complexity index is 990. The summed E-state index contributed by atoms with van der Waals surface area (Å²) in [4.78, 5) is 56.5. The van der Waals surface area contributed by atoms with Crippen molar-refractivity contribution in [1.29, 1.82) is 0 Å². The summed E-state index contributed by atoms with van der Waals surface area (Å²) in [6.07, 6.45) is 0. The van der Waals surface area contributed by atoms with Crippen LogP contribution in [0.1, 0.15) is 0 Å². The van der Waals surface area contributed by atoms with E-state index in [0.29, 0.717) is 19.8 Å². The molecule has 2 aromatic heterocycles. The molecule has 2 aromatic rings. The highest BCUT2D eigenvalue weighted by Crippen LogP contribution is 2.58. The van der Waals surface area contributed by atoms with Crippen molar-refractivity contribution in [1.82, 2.24) is 19.9 Å². The average Bonchev–Trinajstić information content (AvgIpc) is 3.01. The number of H-pyrrole nitrogens is 4. The molecule has 0 aliphatic carbocycles. The van der Waals surface area contributed by atoms with Crippen molar-refractivity contribution < 1.29 is 0 Å². The smallest absolute Gasteiger partial charge is 0.301 e. The van der Waals surface area contributed by atoms with Gasteiger partial charge in [-0.15, -0.1) is 0 Å². The highest BCUT2D eigenvalue weighted by atomic mass is 32.2. The third kappa shape index (κ3) is 2.22. The summed E-state index contributed by atoms with van der Waals surface area (Å²) in [7, 11) is 0. The SMILES string of the molecule is O=c1[nH]c2c(c(=O)[nH]1)S/C(=C1/Sc3[nH]c(=O)[nH]c(=O)c3S1)S2. The van der Waals surface area contributed by atoms with Gasteiger partial charge in [0.15, 0.2) is 0 Å². The summed E-state index contributed by atoms with van der Waals surface area (Å²) in [6.45, 7) is 0. The lowest BCUT2D eigenvalue weighted by molar-refractivity contribution is 0.881. The average molecular weight is 372 g/mol. The van der Waals surface area contributed by atoms with E-state index in [0.717, 1.165) is 8.47 Å². The minimum atomic E-state index is -0.557. The van der Waals surface area contributed by atoms with Gasteiger partial charge in [0, 0.05) is 0 Å². The zero-order valence-electron chi connectivity index (χ0n) is 10.3. The predicted molar refractivity (Wildman–Crippen MR) is 85.8 cm³/mol. The van der Waals surface area contributed by atoms with E-state index in [1.807, 2.05) is 0 Å². The molecule has 4 heterocycles. The largest absolute Gasteiger partial charge is 0.326 e. The first-order chi connectivity index (χ1) is 10.5. The fourth-order valence-corrected chi connectivity index (χ4v) is 6.96. The van der Waals surface area contributed by atoms with Gasteiger partial charge in [0.05, 0.1) is 8.47 Å². The molecule has 0 amide bonds. The molecule has 0 aromatic carbocycles. The number of hydrogen-bond acceptors (Lipinski definition) is 8. The number of aromatic nitrogens is 4. The van der Waals surface area contributed by atoms with Crippen LogP contribution in [0.3, 0.4) is 0 Å². The van der Waals surface area contributed by atoms with Crippen LogP contribution in [-0.2, 0) is 0 Å². The summed E-state index contributed by atoms with van der Waals surface area (Å²) in [6, 6.07) is 0. The molecule has 2 aliphatic rings. The van der Waals surface area contributed by atoms with Crippen LogP contribution in [0.4, 0.5) is 0 Å². The van der Waals surface area contributed by atoms with Crippen LogP contribution < -0.4 is 22.5 Å². The van der Waals surface area contributed by atoms with Crippen LogP contribution in [0.15, 0.2) is 47.5 Å². The van der Waals surface area contributed by atoms with Crippen LogP contribution in [0.25, 0.3) is 0 Å². The van der Waals surface area contributed by atoms with E-state index in [9.17, 15) is 19.2 Å². The van der Waals surface area contributed by atoms with Crippen LogP contribution in [0, 0.1) is 0 Å². The van der Waals surface area contributed by atoms with Gasteiger partial charge >= 0.3 is 11.4 Å². The highest BCUT2D eigenvalue weighted by molar-refractivity contribution is 8.30. The zero-order chi connectivity index (χ0) is 15.4. The third-order valence-corrected chi connectivity index (χ3v) is 8.22. The lowest BCUT2D eigenvalue weighted by Crippen LogP contribution is -2.23. The Kier molecular flexibility index (Phi) is 3.21. The molecular formula is C10H4N4O4S4. The second-order valence-electron chi connectivity index (χ2n) is 4.12. The molecule has 8 nitrogen and oxygen atoms in total. The predicted octanol–water partition coefficient (Wildman–Crippen LogP) is 0.662. The lowest BCUT2D eigenvalue weighted by Gasteiger charge is -1.97. The monoisotopic (exact) mass is 372 g/mol. The normalized spacial score (nSPS) is 19.3. The summed E-state index contributed by atoms with van der Waals surface area (Å²) >= 11 is 4.99. The van der Waals surface area contributed by atoms with Gasteiger partial charge in [0.25, 0.3) is 11.1 Å². The van der Waals surface area contributed by atoms with Gasteiger partial charge in [-0.25, -0.2) is 9.59 Å². The van der Waals surface area contributed by atoms with Crippen molar-refractivity contribution in [2.75, 3.05) is 0 Å². The van der Waals surface area contributed by atoms with E-state index in [-0.39, 0.29) is 0 Å². The maximum atomic E-state index is 11.8. The van der Waals surface area contributed by atoms with E-state index in [1.165, 1.54) is 47.0 Å². The Hall–Kier alpha value is -1.50. The summed E-state index contributed by atoms with van der Waals surface area (Å²) in [5, 5.41) is 0.974. The van der Waals surface area contributed by atoms with E-state index in [4.69, 9.17) is 0 Å². The van der Waals surface area contributed by atoms with Crippen molar-refractivity contribution in [2.45, 2.75) is 19.8 Å². The molecule has 112 valence electrons. The number of rotatable bonds is 0. The summed E-state index contributed by atoms with van der Waals surface area (Å²) in [5.41, 5.74) is -2.00. The quantitative estimate of drug-likeness (QED) is 0.496. The number of hydrogen-bond donors (Lipinski definition) is 4. The van der Waals surface area contributed by atoms with Crippen molar-refractivity contribution in [2.24, 2.45) is 0 Å². The van der Waals surface area contributed by atoms with Gasteiger partial charge in [-0.2, -0.15) is 0 Å². The molecule has 22 heavy (non-hydrogen) atoms. The fraction of sp³-hybridized carbons (Fsp3) is 0. The first-order valence-electron chi connectivity index (χ1n) is 5.70. The molecule has 0 atom stereocenters. The van der Waals surface area contributed by atoms with Gasteiger partial charge in [-0.1, -0.05) is 47.0 Å². The molecule has 4 rings (SSSR count). The van der Waals surface area contributed by atoms with Crippen LogP contribution in [0.2, 0.25) is 0 Å². The van der Waals surface area contributed by atoms with Gasteiger partial charge in [0.1, 0.15) is 19.8 Å². The van der Waals surface area contributed by atoms with E-state index < -0.39 is 22.5 Å². The molecule has 0 saturated carbocycles. The summed E-state index contributed by atoms with van der Waals surface area (Å²) in [5.74, 6) is 0. The molecule has 0 unspecified atom stereocenters. The molecule has 12 heteroatoms. The Morgan fingerprint density at radius 3 is 1.36 bits per heavy atom. The van der Waals surface area contributed by atoms with E-state index >= 15 is 0 Å². The fourth-order valence-electron chi connectivity index (χ4n) is 1.82. The second-order valence-corrected chi connectivity index (χ2v) is 8.72. The summed E-state index contributed by atoms with van der Waals surface area (Å²) < 4.78 is 1.57. The lowest BCUT2D eigenvalue weighted by atomic mass is 10.6. The van der Waals surface area contributed by atoms with Gasteiger partial charge in [-0.3, -0.25) is 19.6 Å². The van der Waals surface area contributed by atoms with Crippen molar-refractivity contribution >= 4 is 47.0 Å². The van der Waals surface area contributed by atoms with Crippen molar-refractivity contribution in [3.8, 4) is 0 Å². The van der Waals surface area contributed by atoms with Crippen LogP contribution >= 0.6 is 47.0 Å². The van der Waals surface area contributed by atoms with E-state index in [1.54, 1.807) is 0 Å². The standard InChI is InChI=1S/C10H4N4O4S4/c15-3-1-5(13-9(17)11-3)21-7(19-1)8-20-2-4(16)12-10(18)14-6(2)22-8/h(H2,11,13,15,17)(H2,12,14,16,18)/b8-7-. The van der Waals surface area contributed by atoms with E-state index in [2.05, 4.69) is 19.9 Å². The van der Waals surface area contributed by atoms with Gasteiger partial charge < -0.3 is 9.97 Å². The number of fused-ring (bicyclic) bond motifs is 2. The van der Waals surface area contributed by atoms with Gasteiger partial charge in [0.2, 0.25) is 0 Å². The highest BCUT2D eigenvalue weighted by Gasteiger charge is 2.30. The van der Waals surface area contributed by atoms with Crippen molar-refractivity contribution in [3.05, 3.63) is 50.2 Å². The third-order valence-electron chi connectivity index (χ3n) is 2.68. The first kappa shape index (κ1) is 14.1. The molecule has 0 bridgehead atoms. The molecule has 0 fully saturated rings. The molecular weight excluding hydrogens is 368 g/mol. The van der Waals surface area contributed by atoms with Crippen LogP contribution in [-0.4, -0.2) is 19.9 Å². The minimum absolute atomic E-state index is 0.423. The molecule has 0 spiro atoms. The molecule has 0 radical (unpaired) electrons. The minimum Gasteiger partial charge on any atom is -0.301 e. The zero-order valence-corrected chi connectivity index (χ0v) is 13.5. The number of nitrogens with one attached hydrogen (secondary N) is 4. The number of aromatic amines is 4. The molecule has 2 aliphatic heterocycles. The number of thioether (sulfide) groups is 4. The Labute approximate surface area is 137 Å². The van der Waals surface area contributed by atoms with Crippen molar-refractivity contribution in [3.63, 3.8) is 0 Å².